The predicted molar refractivity (Wildman–Crippen MR) is 139 cm³/mol. The van der Waals surface area contributed by atoms with Gasteiger partial charge in [-0.2, -0.15) is 4.98 Å². The molecule has 0 radical (unpaired) electrons. The number of para-hydroxylation sites is 1. The minimum absolute atomic E-state index is 0.184. The van der Waals surface area contributed by atoms with Crippen molar-refractivity contribution in [2.75, 3.05) is 11.2 Å². The molecule has 2 aromatic carbocycles. The third kappa shape index (κ3) is 4.59. The number of carbonyl (C=O) groups is 1. The number of amides is 1. The minimum Gasteiger partial charge on any atom is -0.507 e. The third-order valence-corrected chi connectivity index (χ3v) is 6.61. The number of fused-ring (bicyclic) bond motifs is 3. The van der Waals surface area contributed by atoms with Gasteiger partial charge in [0.2, 0.25) is 23.2 Å². The van der Waals surface area contributed by atoms with Gasteiger partial charge in [0.05, 0.1) is 5.69 Å². The number of carbonyl (C=O) groups excluding carboxylic acids is 1. The fraction of sp³-hybridized carbons (Fsp3) is 0.407. The Morgan fingerprint density at radius 2 is 1.63 bits per heavy atom. The zero-order valence-corrected chi connectivity index (χ0v) is 22.3. The van der Waals surface area contributed by atoms with Gasteiger partial charge in [-0.25, -0.2) is 0 Å². The van der Waals surface area contributed by atoms with E-state index in [2.05, 4.69) is 56.7 Å². The van der Waals surface area contributed by atoms with Crippen molar-refractivity contribution < 1.29 is 14.6 Å². The first kappa shape index (κ1) is 25.0. The summed E-state index contributed by atoms with van der Waals surface area (Å²) in [6.07, 6.45) is 1.06. The van der Waals surface area contributed by atoms with E-state index in [-0.39, 0.29) is 22.5 Å². The highest BCUT2D eigenvalue weighted by Gasteiger charge is 2.37. The molecule has 0 saturated carbocycles. The molecular formula is C27H32N4O3S. The molecule has 1 N–H and O–H groups in total. The zero-order chi connectivity index (χ0) is 25.7. The van der Waals surface area contributed by atoms with Crippen LogP contribution in [0.5, 0.6) is 11.6 Å². The molecule has 8 heteroatoms. The van der Waals surface area contributed by atoms with Crippen LogP contribution in [0.3, 0.4) is 0 Å². The molecule has 1 amide bonds. The van der Waals surface area contributed by atoms with Crippen molar-refractivity contribution in [2.45, 2.75) is 70.7 Å². The van der Waals surface area contributed by atoms with Crippen molar-refractivity contribution >= 4 is 23.4 Å². The Kier molecular flexibility index (Phi) is 6.30. The molecule has 0 spiro atoms. The van der Waals surface area contributed by atoms with Gasteiger partial charge in [0.25, 0.3) is 0 Å². The van der Waals surface area contributed by atoms with E-state index in [9.17, 15) is 9.90 Å². The summed E-state index contributed by atoms with van der Waals surface area (Å²) in [7, 11) is 0. The molecule has 0 aliphatic carbocycles. The Hall–Kier alpha value is -3.13. The monoisotopic (exact) mass is 492 g/mol. The van der Waals surface area contributed by atoms with Crippen LogP contribution < -0.4 is 9.64 Å². The highest BCUT2D eigenvalue weighted by molar-refractivity contribution is 7.98. The van der Waals surface area contributed by atoms with E-state index in [1.807, 2.05) is 42.7 Å². The molecule has 1 aliphatic heterocycles. The van der Waals surface area contributed by atoms with Gasteiger partial charge in [0.1, 0.15) is 5.75 Å². The number of phenols is 1. The first-order valence-electron chi connectivity index (χ1n) is 11.6. The van der Waals surface area contributed by atoms with Crippen molar-refractivity contribution in [2.24, 2.45) is 0 Å². The van der Waals surface area contributed by atoms with E-state index in [1.54, 1.807) is 4.90 Å². The summed E-state index contributed by atoms with van der Waals surface area (Å²) in [5.41, 5.74) is 3.52. The third-order valence-electron chi connectivity index (χ3n) is 6.07. The highest BCUT2D eigenvalue weighted by atomic mass is 32.2. The Morgan fingerprint density at radius 1 is 1.03 bits per heavy atom. The van der Waals surface area contributed by atoms with Crippen molar-refractivity contribution in [1.29, 1.82) is 0 Å². The van der Waals surface area contributed by atoms with Crippen molar-refractivity contribution in [3.8, 4) is 22.9 Å². The average Bonchev–Trinajstić information content (AvgIpc) is 2.91. The molecule has 1 unspecified atom stereocenters. The number of aromatic hydroxyl groups is 1. The van der Waals surface area contributed by atoms with E-state index in [0.717, 1.165) is 22.3 Å². The molecule has 3 aromatic rings. The Balaban J connectivity index is 2.04. The van der Waals surface area contributed by atoms with Gasteiger partial charge in [-0.05, 0) is 35.3 Å². The standard InChI is InChI=1S/C27H32N4O3S/c1-15(32)31-20-12-10-9-11-17(20)21-23(28-25(35-8)30-29-21)34-24(31)16-13-18(26(2,3)4)22(33)19(14-16)27(5,6)7/h9-14,24,33H,1-8H3. The van der Waals surface area contributed by atoms with Gasteiger partial charge in [0.15, 0.2) is 5.69 Å². The van der Waals surface area contributed by atoms with Crippen LogP contribution in [0.4, 0.5) is 5.69 Å². The minimum atomic E-state index is -0.816. The lowest BCUT2D eigenvalue weighted by Gasteiger charge is -2.33. The number of benzene rings is 2. The Morgan fingerprint density at radius 3 is 2.17 bits per heavy atom. The van der Waals surface area contributed by atoms with Crippen molar-refractivity contribution in [1.82, 2.24) is 15.2 Å². The number of ether oxygens (including phenoxy) is 1. The molecule has 35 heavy (non-hydrogen) atoms. The first-order chi connectivity index (χ1) is 16.3. The maximum absolute atomic E-state index is 13.1. The second-order valence-electron chi connectivity index (χ2n) is 10.8. The molecular weight excluding hydrogens is 460 g/mol. The summed E-state index contributed by atoms with van der Waals surface area (Å²) in [4.78, 5) is 19.4. The molecule has 1 aromatic heterocycles. The number of thioether (sulfide) groups is 1. The fourth-order valence-corrected chi connectivity index (χ4v) is 4.60. The number of rotatable bonds is 2. The van der Waals surface area contributed by atoms with Crippen LogP contribution in [0.25, 0.3) is 11.3 Å². The van der Waals surface area contributed by atoms with Crippen LogP contribution in [0.1, 0.15) is 71.4 Å². The first-order valence-corrected chi connectivity index (χ1v) is 12.8. The molecule has 2 heterocycles. The maximum Gasteiger partial charge on any atom is 0.247 e. The van der Waals surface area contributed by atoms with Crippen molar-refractivity contribution in [3.63, 3.8) is 0 Å². The summed E-state index contributed by atoms with van der Waals surface area (Å²) in [6, 6.07) is 11.4. The second kappa shape index (κ2) is 8.82. The number of hydrogen-bond acceptors (Lipinski definition) is 7. The second-order valence-corrected chi connectivity index (χ2v) is 11.6. The topological polar surface area (TPSA) is 88.4 Å². The van der Waals surface area contributed by atoms with Gasteiger partial charge in [-0.3, -0.25) is 9.69 Å². The lowest BCUT2D eigenvalue weighted by molar-refractivity contribution is -0.118. The number of anilines is 1. The summed E-state index contributed by atoms with van der Waals surface area (Å²) < 4.78 is 6.51. The molecule has 1 aliphatic rings. The van der Waals surface area contributed by atoms with Gasteiger partial charge in [-0.1, -0.05) is 71.5 Å². The number of phenolic OH excluding ortho intramolecular Hbond substituents is 1. The van der Waals surface area contributed by atoms with E-state index < -0.39 is 6.23 Å². The van der Waals surface area contributed by atoms with Crippen LogP contribution in [-0.4, -0.2) is 32.5 Å². The summed E-state index contributed by atoms with van der Waals surface area (Å²) in [6.45, 7) is 13.9. The predicted octanol–water partition coefficient (Wildman–Crippen LogP) is 6.01. The largest absolute Gasteiger partial charge is 0.507 e. The number of aromatic nitrogens is 3. The molecule has 0 bridgehead atoms. The van der Waals surface area contributed by atoms with Crippen LogP contribution in [0.15, 0.2) is 41.6 Å². The smallest absolute Gasteiger partial charge is 0.247 e. The fourth-order valence-electron chi connectivity index (χ4n) is 4.30. The summed E-state index contributed by atoms with van der Waals surface area (Å²) in [5.74, 6) is 0.399. The van der Waals surface area contributed by atoms with Gasteiger partial charge in [0, 0.05) is 29.2 Å². The Bertz CT molecular complexity index is 1260. The van der Waals surface area contributed by atoms with Crippen LogP contribution in [0, 0.1) is 0 Å². The molecule has 0 fully saturated rings. The quantitative estimate of drug-likeness (QED) is 0.439. The molecule has 1 atom stereocenters. The van der Waals surface area contributed by atoms with Gasteiger partial charge < -0.3 is 9.84 Å². The summed E-state index contributed by atoms with van der Waals surface area (Å²) in [5, 5.41) is 20.3. The number of hydrogen-bond donors (Lipinski definition) is 1. The average molecular weight is 493 g/mol. The molecule has 4 rings (SSSR count). The lowest BCUT2D eigenvalue weighted by atomic mass is 9.78. The SMILES string of the molecule is CSc1nnc2c(n1)OC(c1cc(C(C)(C)C)c(O)c(C(C)(C)C)c1)N(C(C)=O)c1ccccc1-2. The zero-order valence-electron chi connectivity index (χ0n) is 21.5. The Labute approximate surface area is 210 Å². The van der Waals surface area contributed by atoms with Gasteiger partial charge >= 0.3 is 0 Å². The van der Waals surface area contributed by atoms with E-state index in [0.29, 0.717) is 22.4 Å². The highest BCUT2D eigenvalue weighted by Crippen LogP contribution is 2.46. The van der Waals surface area contributed by atoms with Crippen LogP contribution >= 0.6 is 11.8 Å². The van der Waals surface area contributed by atoms with E-state index in [4.69, 9.17) is 4.74 Å². The summed E-state index contributed by atoms with van der Waals surface area (Å²) >= 11 is 1.37. The lowest BCUT2D eigenvalue weighted by Crippen LogP contribution is -2.36. The number of nitrogens with zero attached hydrogens (tertiary/aromatic N) is 4. The molecule has 7 nitrogen and oxygen atoms in total. The normalized spacial score (nSPS) is 15.7. The van der Waals surface area contributed by atoms with Crippen LogP contribution in [0.2, 0.25) is 0 Å². The van der Waals surface area contributed by atoms with Crippen molar-refractivity contribution in [3.05, 3.63) is 53.1 Å². The van der Waals surface area contributed by atoms with Gasteiger partial charge in [-0.15, -0.1) is 10.2 Å². The van der Waals surface area contributed by atoms with Crippen LogP contribution in [-0.2, 0) is 15.6 Å². The van der Waals surface area contributed by atoms with E-state index in [1.165, 1.54) is 18.7 Å². The van der Waals surface area contributed by atoms with E-state index >= 15 is 0 Å². The molecule has 184 valence electrons. The maximum atomic E-state index is 13.1. The molecule has 0 saturated heterocycles.